The molecule has 1 amide bonds. The van der Waals surface area contributed by atoms with Crippen molar-refractivity contribution in [3.05, 3.63) is 64.2 Å². The smallest absolute Gasteiger partial charge is 0.251 e. The minimum atomic E-state index is -3.40. The summed E-state index contributed by atoms with van der Waals surface area (Å²) in [4.78, 5) is 12.5. The second kappa shape index (κ2) is 7.27. The number of hydrogen-bond donors (Lipinski definition) is 2. The lowest BCUT2D eigenvalue weighted by atomic mass is 10.00. The maximum absolute atomic E-state index is 12.5. The Kier molecular flexibility index (Phi) is 5.52. The molecule has 0 aliphatic rings. The van der Waals surface area contributed by atoms with Gasteiger partial charge in [0.15, 0.2) is 0 Å². The second-order valence-corrected chi connectivity index (χ2v) is 8.21. The molecule has 2 aromatic rings. The molecule has 25 heavy (non-hydrogen) atoms. The van der Waals surface area contributed by atoms with Gasteiger partial charge in [-0.2, -0.15) is 0 Å². The van der Waals surface area contributed by atoms with Gasteiger partial charge in [0, 0.05) is 5.56 Å². The van der Waals surface area contributed by atoms with E-state index in [1.54, 1.807) is 25.1 Å². The van der Waals surface area contributed by atoms with E-state index >= 15 is 0 Å². The van der Waals surface area contributed by atoms with Crippen LogP contribution in [0.4, 0.5) is 5.69 Å². The number of rotatable bonds is 5. The van der Waals surface area contributed by atoms with Crippen molar-refractivity contribution in [3.63, 3.8) is 0 Å². The number of carbonyl (C=O) groups is 1. The van der Waals surface area contributed by atoms with Crippen molar-refractivity contribution in [2.45, 2.75) is 33.7 Å². The summed E-state index contributed by atoms with van der Waals surface area (Å²) in [5.41, 5.74) is 4.93. The Morgan fingerprint density at radius 2 is 1.68 bits per heavy atom. The van der Waals surface area contributed by atoms with Crippen LogP contribution >= 0.6 is 0 Å². The van der Waals surface area contributed by atoms with Gasteiger partial charge in [-0.25, -0.2) is 8.42 Å². The highest BCUT2D eigenvalue weighted by Gasteiger charge is 2.15. The molecule has 0 heterocycles. The highest BCUT2D eigenvalue weighted by Crippen LogP contribution is 2.21. The highest BCUT2D eigenvalue weighted by molar-refractivity contribution is 7.92. The van der Waals surface area contributed by atoms with E-state index < -0.39 is 10.0 Å². The van der Waals surface area contributed by atoms with Gasteiger partial charge >= 0.3 is 0 Å². The van der Waals surface area contributed by atoms with Gasteiger partial charge in [-0.15, -0.1) is 0 Å². The lowest BCUT2D eigenvalue weighted by Crippen LogP contribution is -2.27. The third-order valence-electron chi connectivity index (χ3n) is 4.03. The highest BCUT2D eigenvalue weighted by atomic mass is 32.2. The normalized spacial score (nSPS) is 12.5. The fourth-order valence-electron chi connectivity index (χ4n) is 2.74. The van der Waals surface area contributed by atoms with Gasteiger partial charge < -0.3 is 5.32 Å². The standard InChI is InChI=1S/C19H24N2O3S/c1-12-6-9-17(14(3)10-12)15(4)20-19(22)16-8-7-13(2)18(11-16)21-25(5,23)24/h6-11,15,21H,1-5H3,(H,20,22). The van der Waals surface area contributed by atoms with E-state index in [4.69, 9.17) is 0 Å². The molecule has 0 aliphatic heterocycles. The molecule has 0 spiro atoms. The monoisotopic (exact) mass is 360 g/mol. The van der Waals surface area contributed by atoms with E-state index in [0.29, 0.717) is 11.3 Å². The number of amides is 1. The van der Waals surface area contributed by atoms with Crippen molar-refractivity contribution < 1.29 is 13.2 Å². The average Bonchev–Trinajstić information content (AvgIpc) is 2.47. The Bertz CT molecular complexity index is 905. The van der Waals surface area contributed by atoms with Crippen LogP contribution in [0.3, 0.4) is 0 Å². The quantitative estimate of drug-likeness (QED) is 0.857. The number of carbonyl (C=O) groups excluding carboxylic acids is 1. The molecule has 5 nitrogen and oxygen atoms in total. The first-order chi connectivity index (χ1) is 11.6. The lowest BCUT2D eigenvalue weighted by molar-refractivity contribution is 0.0940. The average molecular weight is 360 g/mol. The molecule has 0 fully saturated rings. The van der Waals surface area contributed by atoms with E-state index in [1.165, 1.54) is 5.56 Å². The van der Waals surface area contributed by atoms with Crippen LogP contribution in [0.25, 0.3) is 0 Å². The van der Waals surface area contributed by atoms with Crippen molar-refractivity contribution in [2.24, 2.45) is 0 Å². The van der Waals surface area contributed by atoms with Crippen molar-refractivity contribution in [3.8, 4) is 0 Å². The Morgan fingerprint density at radius 1 is 1.00 bits per heavy atom. The first kappa shape index (κ1) is 19.0. The Labute approximate surface area is 149 Å². The zero-order valence-corrected chi connectivity index (χ0v) is 16.0. The van der Waals surface area contributed by atoms with Gasteiger partial charge in [0.1, 0.15) is 0 Å². The summed E-state index contributed by atoms with van der Waals surface area (Å²) in [5, 5.41) is 2.97. The molecule has 134 valence electrons. The Hall–Kier alpha value is -2.34. The molecule has 0 saturated carbocycles. The van der Waals surface area contributed by atoms with Crippen LogP contribution < -0.4 is 10.0 Å². The minimum Gasteiger partial charge on any atom is -0.346 e. The zero-order valence-electron chi connectivity index (χ0n) is 15.2. The first-order valence-corrected chi connectivity index (χ1v) is 9.92. The Morgan fingerprint density at radius 3 is 2.28 bits per heavy atom. The van der Waals surface area contributed by atoms with Gasteiger partial charge in [0.05, 0.1) is 18.0 Å². The first-order valence-electron chi connectivity index (χ1n) is 8.03. The number of anilines is 1. The van der Waals surface area contributed by atoms with Crippen LogP contribution in [0.1, 0.15) is 45.6 Å². The number of benzene rings is 2. The third-order valence-corrected chi connectivity index (χ3v) is 4.63. The minimum absolute atomic E-state index is 0.152. The largest absolute Gasteiger partial charge is 0.346 e. The number of hydrogen-bond acceptors (Lipinski definition) is 3. The molecule has 0 aliphatic carbocycles. The summed E-state index contributed by atoms with van der Waals surface area (Å²) in [6.45, 7) is 7.76. The van der Waals surface area contributed by atoms with Gasteiger partial charge in [-0.1, -0.05) is 29.8 Å². The molecule has 2 N–H and O–H groups in total. The number of aryl methyl sites for hydroxylation is 3. The van der Waals surface area contributed by atoms with Crippen LogP contribution in [0.2, 0.25) is 0 Å². The topological polar surface area (TPSA) is 75.3 Å². The summed E-state index contributed by atoms with van der Waals surface area (Å²) in [6.07, 6.45) is 1.08. The van der Waals surface area contributed by atoms with E-state index in [0.717, 1.165) is 22.9 Å². The Balaban J connectivity index is 2.21. The van der Waals surface area contributed by atoms with Crippen LogP contribution in [0, 0.1) is 20.8 Å². The third kappa shape index (κ3) is 5.06. The van der Waals surface area contributed by atoms with Crippen LogP contribution in [-0.4, -0.2) is 20.6 Å². The van der Waals surface area contributed by atoms with Crippen LogP contribution in [0.15, 0.2) is 36.4 Å². The molecule has 0 bridgehead atoms. The summed E-state index contributed by atoms with van der Waals surface area (Å²) >= 11 is 0. The molecular weight excluding hydrogens is 336 g/mol. The van der Waals surface area contributed by atoms with Crippen molar-refractivity contribution in [1.29, 1.82) is 0 Å². The van der Waals surface area contributed by atoms with Crippen LogP contribution in [0.5, 0.6) is 0 Å². The van der Waals surface area contributed by atoms with E-state index in [-0.39, 0.29) is 11.9 Å². The van der Waals surface area contributed by atoms with Gasteiger partial charge in [0.25, 0.3) is 5.91 Å². The van der Waals surface area contributed by atoms with Gasteiger partial charge in [-0.3, -0.25) is 9.52 Å². The maximum atomic E-state index is 12.5. The van der Waals surface area contributed by atoms with E-state index in [1.807, 2.05) is 32.9 Å². The number of nitrogens with one attached hydrogen (secondary N) is 2. The predicted molar refractivity (Wildman–Crippen MR) is 101 cm³/mol. The van der Waals surface area contributed by atoms with Crippen molar-refractivity contribution in [2.75, 3.05) is 11.0 Å². The summed E-state index contributed by atoms with van der Waals surface area (Å²) in [7, 11) is -3.40. The van der Waals surface area contributed by atoms with Gasteiger partial charge in [0.2, 0.25) is 10.0 Å². The molecule has 6 heteroatoms. The summed E-state index contributed by atoms with van der Waals surface area (Å²) in [6, 6.07) is 10.9. The molecule has 0 saturated heterocycles. The summed E-state index contributed by atoms with van der Waals surface area (Å²) in [5.74, 6) is -0.246. The molecule has 1 atom stereocenters. The predicted octanol–water partition coefficient (Wildman–Crippen LogP) is 3.47. The molecule has 0 aromatic heterocycles. The lowest BCUT2D eigenvalue weighted by Gasteiger charge is -2.18. The second-order valence-electron chi connectivity index (χ2n) is 6.46. The molecule has 0 radical (unpaired) electrons. The molecular formula is C19H24N2O3S. The SMILES string of the molecule is Cc1ccc(C(C)NC(=O)c2ccc(C)c(NS(C)(=O)=O)c2)c(C)c1. The van der Waals surface area contributed by atoms with Crippen molar-refractivity contribution in [1.82, 2.24) is 5.32 Å². The zero-order chi connectivity index (χ0) is 18.8. The maximum Gasteiger partial charge on any atom is 0.251 e. The number of sulfonamides is 1. The van der Waals surface area contributed by atoms with Gasteiger partial charge in [-0.05, 0) is 56.5 Å². The van der Waals surface area contributed by atoms with Crippen LogP contribution in [-0.2, 0) is 10.0 Å². The van der Waals surface area contributed by atoms with Crippen molar-refractivity contribution >= 4 is 21.6 Å². The summed E-state index contributed by atoms with van der Waals surface area (Å²) < 4.78 is 25.3. The molecule has 2 aromatic carbocycles. The fraction of sp³-hybridized carbons (Fsp3) is 0.316. The molecule has 1 unspecified atom stereocenters. The van der Waals surface area contributed by atoms with E-state index in [9.17, 15) is 13.2 Å². The fourth-order valence-corrected chi connectivity index (χ4v) is 3.36. The van der Waals surface area contributed by atoms with E-state index in [2.05, 4.69) is 16.1 Å². The molecule has 2 rings (SSSR count).